The summed E-state index contributed by atoms with van der Waals surface area (Å²) in [6.45, 7) is 4.63. The lowest BCUT2D eigenvalue weighted by atomic mass is 10.1. The second-order valence-electron chi connectivity index (χ2n) is 5.90. The Bertz CT molecular complexity index is 960. The molecule has 0 saturated heterocycles. The molecule has 0 atom stereocenters. The number of nitrogens with zero attached hydrogens (tertiary/aromatic N) is 4. The highest BCUT2D eigenvalue weighted by atomic mass is 16.5. The smallest absolute Gasteiger partial charge is 0.231 e. The van der Waals surface area contributed by atoms with Crippen molar-refractivity contribution in [3.63, 3.8) is 0 Å². The van der Waals surface area contributed by atoms with Gasteiger partial charge in [-0.2, -0.15) is 4.98 Å². The Morgan fingerprint density at radius 2 is 1.92 bits per heavy atom. The molecule has 1 aromatic carbocycles. The van der Waals surface area contributed by atoms with E-state index in [2.05, 4.69) is 50.3 Å². The molecule has 4 rings (SSSR count). The first-order chi connectivity index (χ1) is 11.7. The predicted molar refractivity (Wildman–Crippen MR) is 88.7 cm³/mol. The third-order valence-electron chi connectivity index (χ3n) is 4.28. The van der Waals surface area contributed by atoms with Gasteiger partial charge in [-0.1, -0.05) is 28.5 Å². The van der Waals surface area contributed by atoms with Crippen LogP contribution >= 0.6 is 0 Å². The number of hydrogen-bond donors (Lipinski definition) is 0. The molecule has 0 fully saturated rings. The second kappa shape index (κ2) is 5.96. The zero-order chi connectivity index (χ0) is 16.5. The van der Waals surface area contributed by atoms with Crippen molar-refractivity contribution >= 4 is 10.9 Å². The van der Waals surface area contributed by atoms with Gasteiger partial charge in [0.1, 0.15) is 5.76 Å². The summed E-state index contributed by atoms with van der Waals surface area (Å²) in [6, 6.07) is 10.5. The first-order valence-electron chi connectivity index (χ1n) is 7.98. The van der Waals surface area contributed by atoms with Crippen molar-refractivity contribution in [2.24, 2.45) is 0 Å². The summed E-state index contributed by atoms with van der Waals surface area (Å²) in [5, 5.41) is 9.28. The maximum atomic E-state index is 5.37. The standard InChI is InChI=1S/C18H18N4O2/c1-12-15(13(2)23-20-12)11-18-19-17(21-24-18)8-10-22-9-7-14-5-3-4-6-16(14)22/h3-7,9H,8,10-11H2,1-2H3. The van der Waals surface area contributed by atoms with Gasteiger partial charge >= 0.3 is 0 Å². The largest absolute Gasteiger partial charge is 0.361 e. The van der Waals surface area contributed by atoms with Crippen LogP contribution in [-0.4, -0.2) is 19.9 Å². The van der Waals surface area contributed by atoms with E-state index < -0.39 is 0 Å². The molecular weight excluding hydrogens is 304 g/mol. The van der Waals surface area contributed by atoms with Gasteiger partial charge in [0.25, 0.3) is 0 Å². The molecule has 0 bridgehead atoms. The van der Waals surface area contributed by atoms with Crippen molar-refractivity contribution in [3.8, 4) is 0 Å². The average molecular weight is 322 g/mol. The van der Waals surface area contributed by atoms with E-state index in [0.717, 1.165) is 35.8 Å². The van der Waals surface area contributed by atoms with Crippen molar-refractivity contribution in [2.45, 2.75) is 33.2 Å². The summed E-state index contributed by atoms with van der Waals surface area (Å²) in [6.07, 6.45) is 3.37. The van der Waals surface area contributed by atoms with E-state index in [9.17, 15) is 0 Å². The molecule has 6 nitrogen and oxygen atoms in total. The molecule has 0 aliphatic heterocycles. The monoisotopic (exact) mass is 322 g/mol. The molecule has 24 heavy (non-hydrogen) atoms. The highest BCUT2D eigenvalue weighted by Crippen LogP contribution is 2.17. The molecule has 4 aromatic rings. The Morgan fingerprint density at radius 1 is 1.04 bits per heavy atom. The third-order valence-corrected chi connectivity index (χ3v) is 4.28. The fourth-order valence-electron chi connectivity index (χ4n) is 2.93. The van der Waals surface area contributed by atoms with Crippen LogP contribution in [0.4, 0.5) is 0 Å². The highest BCUT2D eigenvalue weighted by Gasteiger charge is 2.14. The minimum absolute atomic E-state index is 0.556. The van der Waals surface area contributed by atoms with Crippen LogP contribution in [0.1, 0.15) is 28.7 Å². The van der Waals surface area contributed by atoms with Crippen LogP contribution in [0.5, 0.6) is 0 Å². The molecule has 3 heterocycles. The number of fused-ring (bicyclic) bond motifs is 1. The van der Waals surface area contributed by atoms with Crippen LogP contribution in [0.15, 0.2) is 45.6 Å². The summed E-state index contributed by atoms with van der Waals surface area (Å²) < 4.78 is 12.7. The molecule has 3 aromatic heterocycles. The molecule has 0 aliphatic carbocycles. The van der Waals surface area contributed by atoms with Crippen LogP contribution in [0, 0.1) is 13.8 Å². The summed E-state index contributed by atoms with van der Waals surface area (Å²) in [4.78, 5) is 4.49. The van der Waals surface area contributed by atoms with Gasteiger partial charge in [-0.05, 0) is 31.4 Å². The maximum Gasteiger partial charge on any atom is 0.231 e. The van der Waals surface area contributed by atoms with Gasteiger partial charge < -0.3 is 13.6 Å². The van der Waals surface area contributed by atoms with E-state index in [1.807, 2.05) is 19.9 Å². The number of benzene rings is 1. The molecule has 0 unspecified atom stereocenters. The third kappa shape index (κ3) is 2.71. The van der Waals surface area contributed by atoms with E-state index in [1.165, 1.54) is 10.9 Å². The quantitative estimate of drug-likeness (QED) is 0.563. The zero-order valence-electron chi connectivity index (χ0n) is 13.7. The summed E-state index contributed by atoms with van der Waals surface area (Å²) in [5.41, 5.74) is 3.10. The highest BCUT2D eigenvalue weighted by molar-refractivity contribution is 5.79. The summed E-state index contributed by atoms with van der Waals surface area (Å²) in [5.74, 6) is 2.11. The van der Waals surface area contributed by atoms with E-state index in [1.54, 1.807) is 0 Å². The molecule has 0 radical (unpaired) electrons. The Labute approximate surface area is 139 Å². The van der Waals surface area contributed by atoms with Crippen molar-refractivity contribution in [2.75, 3.05) is 0 Å². The van der Waals surface area contributed by atoms with Crippen LogP contribution in [0.3, 0.4) is 0 Å². The molecule has 0 spiro atoms. The minimum atomic E-state index is 0.556. The summed E-state index contributed by atoms with van der Waals surface area (Å²) in [7, 11) is 0. The van der Waals surface area contributed by atoms with E-state index >= 15 is 0 Å². The SMILES string of the molecule is Cc1noc(C)c1Cc1nc(CCn2ccc3ccccc32)no1. The van der Waals surface area contributed by atoms with Crippen molar-refractivity contribution in [1.29, 1.82) is 0 Å². The number of aryl methyl sites for hydroxylation is 4. The number of hydrogen-bond acceptors (Lipinski definition) is 5. The van der Waals surface area contributed by atoms with Gasteiger partial charge in [-0.3, -0.25) is 0 Å². The van der Waals surface area contributed by atoms with Gasteiger partial charge in [-0.25, -0.2) is 0 Å². The molecule has 6 heteroatoms. The van der Waals surface area contributed by atoms with E-state index in [0.29, 0.717) is 12.3 Å². The van der Waals surface area contributed by atoms with E-state index in [-0.39, 0.29) is 0 Å². The van der Waals surface area contributed by atoms with Crippen LogP contribution in [0.25, 0.3) is 10.9 Å². The molecule has 0 amide bonds. The van der Waals surface area contributed by atoms with Crippen molar-refractivity contribution in [1.82, 2.24) is 19.9 Å². The fourth-order valence-corrected chi connectivity index (χ4v) is 2.93. The van der Waals surface area contributed by atoms with Gasteiger partial charge in [0.05, 0.1) is 12.1 Å². The Morgan fingerprint density at radius 3 is 2.75 bits per heavy atom. The normalized spacial score (nSPS) is 11.4. The number of rotatable bonds is 5. The van der Waals surface area contributed by atoms with Crippen LogP contribution in [0.2, 0.25) is 0 Å². The lowest BCUT2D eigenvalue weighted by Gasteiger charge is -2.02. The Balaban J connectivity index is 1.46. The number of aromatic nitrogens is 4. The average Bonchev–Trinajstić information content (AvgIpc) is 3.29. The van der Waals surface area contributed by atoms with E-state index in [4.69, 9.17) is 9.05 Å². The van der Waals surface area contributed by atoms with Crippen LogP contribution < -0.4 is 0 Å². The van der Waals surface area contributed by atoms with Crippen LogP contribution in [-0.2, 0) is 19.4 Å². The predicted octanol–water partition coefficient (Wildman–Crippen LogP) is 3.46. The molecule has 0 saturated carbocycles. The lowest BCUT2D eigenvalue weighted by molar-refractivity contribution is 0.375. The molecule has 122 valence electrons. The second-order valence-corrected chi connectivity index (χ2v) is 5.90. The fraction of sp³-hybridized carbons (Fsp3) is 0.278. The van der Waals surface area contributed by atoms with Gasteiger partial charge in [0, 0.05) is 30.2 Å². The zero-order valence-corrected chi connectivity index (χ0v) is 13.7. The van der Waals surface area contributed by atoms with Crippen molar-refractivity contribution in [3.05, 3.63) is 65.3 Å². The summed E-state index contributed by atoms with van der Waals surface area (Å²) >= 11 is 0. The Kier molecular flexibility index (Phi) is 3.65. The van der Waals surface area contributed by atoms with Gasteiger partial charge in [0.15, 0.2) is 5.82 Å². The first kappa shape index (κ1) is 14.7. The van der Waals surface area contributed by atoms with Gasteiger partial charge in [0.2, 0.25) is 5.89 Å². The lowest BCUT2D eigenvalue weighted by Crippen LogP contribution is -2.01. The molecule has 0 N–H and O–H groups in total. The van der Waals surface area contributed by atoms with Crippen molar-refractivity contribution < 1.29 is 9.05 Å². The molecular formula is C18H18N4O2. The molecule has 0 aliphatic rings. The minimum Gasteiger partial charge on any atom is -0.361 e. The maximum absolute atomic E-state index is 5.37. The van der Waals surface area contributed by atoms with Gasteiger partial charge in [-0.15, -0.1) is 0 Å². The topological polar surface area (TPSA) is 69.9 Å². The Hall–Kier alpha value is -2.89. The number of para-hydroxylation sites is 1. The first-order valence-corrected chi connectivity index (χ1v) is 7.98.